The molecule has 2 aromatic carbocycles. The highest BCUT2D eigenvalue weighted by molar-refractivity contribution is 6.30. The molecule has 0 saturated carbocycles. The Morgan fingerprint density at radius 2 is 1.25 bits per heavy atom. The normalized spacial score (nSPS) is 16.5. The maximum absolute atomic E-state index is 6.07. The standard InChI is InChI=1S/C24H32Cl2N2/c1-2-3-4-5-7-24-27(18-20-8-12-22(25)13-9-20)16-6-17-28(24)19-21-10-14-23(26)15-11-21/h8-15,24H,2-7,16-19H2,1H3. The Hall–Kier alpha value is -1.06. The molecule has 0 radical (unpaired) electrons. The second-order valence-electron chi connectivity index (χ2n) is 7.88. The van der Waals surface area contributed by atoms with Gasteiger partial charge in [-0.25, -0.2) is 0 Å². The minimum absolute atomic E-state index is 0.497. The summed E-state index contributed by atoms with van der Waals surface area (Å²) in [5.41, 5.74) is 2.69. The molecule has 0 aromatic heterocycles. The Kier molecular flexibility index (Phi) is 8.66. The van der Waals surface area contributed by atoms with Crippen LogP contribution in [-0.2, 0) is 13.1 Å². The Bertz CT molecular complexity index is 644. The summed E-state index contributed by atoms with van der Waals surface area (Å²) in [6.45, 7) is 6.59. The molecular weight excluding hydrogens is 387 g/mol. The van der Waals surface area contributed by atoms with Crippen LogP contribution in [0.15, 0.2) is 48.5 Å². The van der Waals surface area contributed by atoms with Crippen molar-refractivity contribution in [2.24, 2.45) is 0 Å². The predicted octanol–water partition coefficient (Wildman–Crippen LogP) is 7.00. The highest BCUT2D eigenvalue weighted by Gasteiger charge is 2.28. The second kappa shape index (κ2) is 11.2. The lowest BCUT2D eigenvalue weighted by molar-refractivity contribution is -0.0134. The lowest BCUT2D eigenvalue weighted by Gasteiger charge is -2.44. The molecule has 152 valence electrons. The number of benzene rings is 2. The minimum atomic E-state index is 0.497. The van der Waals surface area contributed by atoms with Gasteiger partial charge in [0.05, 0.1) is 6.17 Å². The van der Waals surface area contributed by atoms with Gasteiger partial charge in [-0.2, -0.15) is 0 Å². The van der Waals surface area contributed by atoms with Gasteiger partial charge in [-0.15, -0.1) is 0 Å². The molecule has 0 spiro atoms. The van der Waals surface area contributed by atoms with E-state index in [-0.39, 0.29) is 0 Å². The summed E-state index contributed by atoms with van der Waals surface area (Å²) in [5.74, 6) is 0. The molecule has 0 amide bonds. The summed E-state index contributed by atoms with van der Waals surface area (Å²) in [5, 5.41) is 1.62. The van der Waals surface area contributed by atoms with Crippen molar-refractivity contribution in [2.45, 2.75) is 64.7 Å². The molecule has 4 heteroatoms. The van der Waals surface area contributed by atoms with Crippen molar-refractivity contribution >= 4 is 23.2 Å². The van der Waals surface area contributed by atoms with E-state index in [1.807, 2.05) is 24.3 Å². The zero-order valence-electron chi connectivity index (χ0n) is 16.9. The fourth-order valence-corrected chi connectivity index (χ4v) is 4.39. The fourth-order valence-electron chi connectivity index (χ4n) is 4.14. The van der Waals surface area contributed by atoms with Gasteiger partial charge in [0.15, 0.2) is 0 Å². The van der Waals surface area contributed by atoms with Crippen molar-refractivity contribution in [1.29, 1.82) is 0 Å². The lowest BCUT2D eigenvalue weighted by Crippen LogP contribution is -2.52. The summed E-state index contributed by atoms with van der Waals surface area (Å²) in [4.78, 5) is 5.32. The molecule has 0 aliphatic carbocycles. The summed E-state index contributed by atoms with van der Waals surface area (Å²) in [6.07, 6.45) is 8.20. The van der Waals surface area contributed by atoms with Crippen LogP contribution in [0.3, 0.4) is 0 Å². The minimum Gasteiger partial charge on any atom is -0.284 e. The first-order chi connectivity index (χ1) is 13.7. The molecule has 28 heavy (non-hydrogen) atoms. The van der Waals surface area contributed by atoms with Crippen LogP contribution in [0.5, 0.6) is 0 Å². The van der Waals surface area contributed by atoms with Crippen molar-refractivity contribution < 1.29 is 0 Å². The molecule has 3 rings (SSSR count). The van der Waals surface area contributed by atoms with Crippen LogP contribution < -0.4 is 0 Å². The quantitative estimate of drug-likeness (QED) is 0.404. The van der Waals surface area contributed by atoms with Gasteiger partial charge in [-0.05, 0) is 48.2 Å². The van der Waals surface area contributed by atoms with Crippen LogP contribution in [0.2, 0.25) is 10.0 Å². The van der Waals surface area contributed by atoms with E-state index in [4.69, 9.17) is 23.2 Å². The van der Waals surface area contributed by atoms with E-state index in [0.717, 1.165) is 36.2 Å². The molecule has 1 heterocycles. The van der Waals surface area contributed by atoms with Gasteiger partial charge in [-0.3, -0.25) is 9.80 Å². The monoisotopic (exact) mass is 418 g/mol. The first-order valence-electron chi connectivity index (χ1n) is 10.6. The maximum Gasteiger partial charge on any atom is 0.0628 e. The first kappa shape index (κ1) is 21.6. The molecule has 1 fully saturated rings. The average molecular weight is 419 g/mol. The molecule has 2 nitrogen and oxygen atoms in total. The smallest absolute Gasteiger partial charge is 0.0628 e. The maximum atomic E-state index is 6.07. The largest absolute Gasteiger partial charge is 0.284 e. The Morgan fingerprint density at radius 3 is 1.71 bits per heavy atom. The van der Waals surface area contributed by atoms with Crippen LogP contribution in [0.1, 0.15) is 56.6 Å². The van der Waals surface area contributed by atoms with E-state index < -0.39 is 0 Å². The summed E-state index contributed by atoms with van der Waals surface area (Å²) < 4.78 is 0. The number of halogens is 2. The second-order valence-corrected chi connectivity index (χ2v) is 8.75. The summed E-state index contributed by atoms with van der Waals surface area (Å²) >= 11 is 12.1. The van der Waals surface area contributed by atoms with Gasteiger partial charge in [0, 0.05) is 36.2 Å². The SMILES string of the molecule is CCCCCCC1N(Cc2ccc(Cl)cc2)CCCN1Cc1ccc(Cl)cc1. The van der Waals surface area contributed by atoms with Gasteiger partial charge < -0.3 is 0 Å². The van der Waals surface area contributed by atoms with Gasteiger partial charge in [0.25, 0.3) is 0 Å². The summed E-state index contributed by atoms with van der Waals surface area (Å²) in [7, 11) is 0. The van der Waals surface area contributed by atoms with Crippen molar-refractivity contribution in [2.75, 3.05) is 13.1 Å². The molecular formula is C24H32Cl2N2. The average Bonchev–Trinajstić information content (AvgIpc) is 2.70. The Morgan fingerprint density at radius 1 is 0.750 bits per heavy atom. The van der Waals surface area contributed by atoms with E-state index in [1.165, 1.54) is 49.7 Å². The van der Waals surface area contributed by atoms with Crippen molar-refractivity contribution in [3.8, 4) is 0 Å². The number of hydrogen-bond donors (Lipinski definition) is 0. The van der Waals surface area contributed by atoms with Crippen molar-refractivity contribution in [1.82, 2.24) is 9.80 Å². The lowest BCUT2D eigenvalue weighted by atomic mass is 10.0. The Labute approximate surface area is 180 Å². The Balaban J connectivity index is 1.70. The van der Waals surface area contributed by atoms with E-state index in [9.17, 15) is 0 Å². The fraction of sp³-hybridized carbons (Fsp3) is 0.500. The zero-order valence-corrected chi connectivity index (χ0v) is 18.4. The highest BCUT2D eigenvalue weighted by atomic mass is 35.5. The van der Waals surface area contributed by atoms with Crippen LogP contribution in [0.25, 0.3) is 0 Å². The third-order valence-corrected chi connectivity index (χ3v) is 6.15. The van der Waals surface area contributed by atoms with Crippen LogP contribution in [0.4, 0.5) is 0 Å². The highest BCUT2D eigenvalue weighted by Crippen LogP contribution is 2.25. The number of hydrogen-bond acceptors (Lipinski definition) is 2. The third kappa shape index (κ3) is 6.49. The first-order valence-corrected chi connectivity index (χ1v) is 11.4. The molecule has 0 N–H and O–H groups in total. The molecule has 0 unspecified atom stereocenters. The van der Waals surface area contributed by atoms with Crippen LogP contribution in [-0.4, -0.2) is 29.1 Å². The van der Waals surface area contributed by atoms with Crippen LogP contribution >= 0.6 is 23.2 Å². The number of rotatable bonds is 9. The van der Waals surface area contributed by atoms with Crippen molar-refractivity contribution in [3.63, 3.8) is 0 Å². The molecule has 1 aliphatic rings. The molecule has 1 saturated heterocycles. The van der Waals surface area contributed by atoms with Crippen LogP contribution in [0, 0.1) is 0 Å². The zero-order chi connectivity index (χ0) is 19.8. The molecule has 1 aliphatic heterocycles. The summed E-state index contributed by atoms with van der Waals surface area (Å²) in [6, 6.07) is 16.7. The number of unbranched alkanes of at least 4 members (excludes halogenated alkanes) is 3. The van der Waals surface area contributed by atoms with Gasteiger partial charge in [-0.1, -0.05) is 80.1 Å². The van der Waals surface area contributed by atoms with Gasteiger partial charge in [0.1, 0.15) is 0 Å². The molecule has 0 atom stereocenters. The van der Waals surface area contributed by atoms with Gasteiger partial charge >= 0.3 is 0 Å². The van der Waals surface area contributed by atoms with E-state index >= 15 is 0 Å². The third-order valence-electron chi connectivity index (χ3n) is 5.65. The van der Waals surface area contributed by atoms with E-state index in [1.54, 1.807) is 0 Å². The molecule has 2 aromatic rings. The topological polar surface area (TPSA) is 6.48 Å². The predicted molar refractivity (Wildman–Crippen MR) is 121 cm³/mol. The molecule has 0 bridgehead atoms. The van der Waals surface area contributed by atoms with E-state index in [0.29, 0.717) is 6.17 Å². The van der Waals surface area contributed by atoms with Crippen molar-refractivity contribution in [3.05, 3.63) is 69.7 Å². The van der Waals surface area contributed by atoms with Gasteiger partial charge in [0.2, 0.25) is 0 Å². The number of nitrogens with zero attached hydrogens (tertiary/aromatic N) is 2. The van der Waals surface area contributed by atoms with E-state index in [2.05, 4.69) is 41.0 Å².